The number of ether oxygens (including phenoxy) is 1. The molecule has 1 fully saturated rings. The van der Waals surface area contributed by atoms with Gasteiger partial charge in [-0.1, -0.05) is 36.4 Å². The van der Waals surface area contributed by atoms with E-state index in [1.54, 1.807) is 12.1 Å². The lowest BCUT2D eigenvalue weighted by molar-refractivity contribution is 0.00578. The molecule has 1 saturated heterocycles. The zero-order valence-electron chi connectivity index (χ0n) is 16.0. The molecule has 3 rings (SSSR count). The molecule has 0 bridgehead atoms. The van der Waals surface area contributed by atoms with Crippen LogP contribution in [0, 0.1) is 0 Å². The molecule has 0 atom stereocenters. The lowest BCUT2D eigenvalue weighted by Gasteiger charge is -2.32. The van der Waals surface area contributed by atoms with Crippen LogP contribution in [-0.4, -0.2) is 31.4 Å². The van der Waals surface area contributed by atoms with E-state index in [1.165, 1.54) is 7.11 Å². The van der Waals surface area contributed by atoms with Gasteiger partial charge in [0, 0.05) is 6.32 Å². The summed E-state index contributed by atoms with van der Waals surface area (Å²) in [5.41, 5.74) is 3.20. The van der Waals surface area contributed by atoms with Crippen molar-refractivity contribution in [2.75, 3.05) is 7.11 Å². The van der Waals surface area contributed by atoms with Gasteiger partial charge in [0.25, 0.3) is 0 Å². The highest BCUT2D eigenvalue weighted by molar-refractivity contribution is 6.45. The van der Waals surface area contributed by atoms with E-state index in [-0.39, 0.29) is 24.3 Å². The van der Waals surface area contributed by atoms with Gasteiger partial charge >= 0.3 is 13.1 Å². The second-order valence-corrected chi connectivity index (χ2v) is 7.66. The number of methoxy groups -OCH3 is 1. The Hall–Kier alpha value is -2.11. The van der Waals surface area contributed by atoms with Crippen molar-refractivity contribution in [2.24, 2.45) is 0 Å². The molecule has 5 heteroatoms. The first-order valence-corrected chi connectivity index (χ1v) is 8.85. The molecule has 1 heterocycles. The van der Waals surface area contributed by atoms with Crippen LogP contribution in [0.2, 0.25) is 0 Å². The summed E-state index contributed by atoms with van der Waals surface area (Å²) in [6.07, 6.45) is 0.695. The molecule has 2 aromatic rings. The van der Waals surface area contributed by atoms with Crippen molar-refractivity contribution >= 4 is 13.1 Å². The summed E-state index contributed by atoms with van der Waals surface area (Å²) in [5.74, 6) is -0.328. The van der Waals surface area contributed by atoms with Crippen LogP contribution < -0.4 is 0 Å². The van der Waals surface area contributed by atoms with Crippen LogP contribution >= 0.6 is 0 Å². The zero-order valence-corrected chi connectivity index (χ0v) is 16.0. The Kier molecular flexibility index (Phi) is 4.95. The maximum absolute atomic E-state index is 11.6. The molecule has 0 spiro atoms. The third kappa shape index (κ3) is 3.69. The number of hydrogen-bond donors (Lipinski definition) is 0. The molecule has 0 N–H and O–H groups in total. The van der Waals surface area contributed by atoms with Crippen LogP contribution in [-0.2, 0) is 20.4 Å². The van der Waals surface area contributed by atoms with Gasteiger partial charge in [-0.25, -0.2) is 4.79 Å². The molecule has 0 saturated carbocycles. The van der Waals surface area contributed by atoms with Gasteiger partial charge in [0.05, 0.1) is 23.9 Å². The third-order valence-electron chi connectivity index (χ3n) is 5.27. The van der Waals surface area contributed by atoms with Gasteiger partial charge in [-0.05, 0) is 56.5 Å². The first-order chi connectivity index (χ1) is 12.2. The Morgan fingerprint density at radius 1 is 0.962 bits per heavy atom. The topological polar surface area (TPSA) is 44.8 Å². The third-order valence-corrected chi connectivity index (χ3v) is 5.27. The van der Waals surface area contributed by atoms with Crippen LogP contribution in [0.4, 0.5) is 0 Å². The Morgan fingerprint density at radius 3 is 2.15 bits per heavy atom. The maximum Gasteiger partial charge on any atom is 0.462 e. The number of rotatable bonds is 4. The fraction of sp³-hybridized carbons (Fsp3) is 0.381. The Balaban J connectivity index is 1.76. The van der Waals surface area contributed by atoms with Gasteiger partial charge in [0.2, 0.25) is 0 Å². The predicted molar refractivity (Wildman–Crippen MR) is 103 cm³/mol. The molecule has 4 nitrogen and oxygen atoms in total. The summed E-state index contributed by atoms with van der Waals surface area (Å²) in [7, 11) is 1.13. The molecule has 0 aromatic heterocycles. The Bertz CT molecular complexity index is 780. The maximum atomic E-state index is 11.6. The minimum Gasteiger partial charge on any atom is -0.465 e. The van der Waals surface area contributed by atoms with Crippen molar-refractivity contribution in [3.63, 3.8) is 0 Å². The van der Waals surface area contributed by atoms with E-state index in [9.17, 15) is 4.79 Å². The fourth-order valence-electron chi connectivity index (χ4n) is 3.04. The lowest BCUT2D eigenvalue weighted by atomic mass is 9.80. The molecule has 0 aliphatic carbocycles. The van der Waals surface area contributed by atoms with Crippen molar-refractivity contribution in [3.8, 4) is 11.1 Å². The summed E-state index contributed by atoms with van der Waals surface area (Å²) >= 11 is 0. The standard InChI is InChI=1S/C21H25BO4/c1-20(2)21(3,4)26-22(25-20)14-15-7-6-8-18(13-15)16-9-11-17(12-10-16)19(23)24-5/h6-13H,14H2,1-5H3. The van der Waals surface area contributed by atoms with Gasteiger partial charge in [-0.3, -0.25) is 0 Å². The van der Waals surface area contributed by atoms with E-state index in [4.69, 9.17) is 14.0 Å². The Morgan fingerprint density at radius 2 is 1.58 bits per heavy atom. The predicted octanol–water partition coefficient (Wildman–Crippen LogP) is 4.31. The van der Waals surface area contributed by atoms with Crippen molar-refractivity contribution < 1.29 is 18.8 Å². The van der Waals surface area contributed by atoms with E-state index < -0.39 is 0 Å². The molecule has 26 heavy (non-hydrogen) atoms. The van der Waals surface area contributed by atoms with Gasteiger partial charge in [0.15, 0.2) is 0 Å². The first-order valence-electron chi connectivity index (χ1n) is 8.85. The average molecular weight is 352 g/mol. The summed E-state index contributed by atoms with van der Waals surface area (Å²) < 4.78 is 16.9. The lowest BCUT2D eigenvalue weighted by Crippen LogP contribution is -2.41. The molecule has 136 valence electrons. The summed E-state index contributed by atoms with van der Waals surface area (Å²) in [6.45, 7) is 8.25. The van der Waals surface area contributed by atoms with Crippen LogP contribution in [0.3, 0.4) is 0 Å². The number of carbonyl (C=O) groups is 1. The van der Waals surface area contributed by atoms with Crippen molar-refractivity contribution in [2.45, 2.75) is 45.2 Å². The van der Waals surface area contributed by atoms with Crippen LogP contribution in [0.15, 0.2) is 48.5 Å². The van der Waals surface area contributed by atoms with Crippen LogP contribution in [0.5, 0.6) is 0 Å². The van der Waals surface area contributed by atoms with Gasteiger partial charge in [-0.2, -0.15) is 0 Å². The van der Waals surface area contributed by atoms with E-state index in [2.05, 4.69) is 45.9 Å². The van der Waals surface area contributed by atoms with Crippen molar-refractivity contribution in [1.82, 2.24) is 0 Å². The molecular weight excluding hydrogens is 327 g/mol. The van der Waals surface area contributed by atoms with Crippen LogP contribution in [0.25, 0.3) is 11.1 Å². The minimum absolute atomic E-state index is 0.253. The highest BCUT2D eigenvalue weighted by Gasteiger charge is 2.50. The molecule has 1 aliphatic rings. The molecule has 2 aromatic carbocycles. The van der Waals surface area contributed by atoms with E-state index in [0.29, 0.717) is 11.9 Å². The van der Waals surface area contributed by atoms with Crippen LogP contribution in [0.1, 0.15) is 43.6 Å². The number of carbonyl (C=O) groups excluding carboxylic acids is 1. The normalized spacial score (nSPS) is 18.0. The SMILES string of the molecule is COC(=O)c1ccc(-c2cccc(CB3OC(C)(C)C(C)(C)O3)c2)cc1. The molecule has 0 unspecified atom stereocenters. The number of hydrogen-bond acceptors (Lipinski definition) is 4. The summed E-state index contributed by atoms with van der Waals surface area (Å²) in [4.78, 5) is 11.6. The van der Waals surface area contributed by atoms with E-state index in [1.807, 2.05) is 18.2 Å². The van der Waals surface area contributed by atoms with Gasteiger partial charge in [-0.15, -0.1) is 0 Å². The smallest absolute Gasteiger partial charge is 0.462 e. The highest BCUT2D eigenvalue weighted by Crippen LogP contribution is 2.37. The monoisotopic (exact) mass is 352 g/mol. The Labute approximate surface area is 155 Å². The average Bonchev–Trinajstić information content (AvgIpc) is 2.81. The van der Waals surface area contributed by atoms with Crippen molar-refractivity contribution in [1.29, 1.82) is 0 Å². The minimum atomic E-state index is -0.328. The van der Waals surface area contributed by atoms with Gasteiger partial charge in [0.1, 0.15) is 0 Å². The second-order valence-electron chi connectivity index (χ2n) is 7.66. The number of benzene rings is 2. The molecular formula is C21H25BO4. The largest absolute Gasteiger partial charge is 0.465 e. The first kappa shape index (κ1) is 18.7. The second kappa shape index (κ2) is 6.90. The molecule has 1 aliphatic heterocycles. The fourth-order valence-corrected chi connectivity index (χ4v) is 3.04. The zero-order chi connectivity index (χ0) is 18.9. The highest BCUT2D eigenvalue weighted by atomic mass is 16.7. The molecule has 0 radical (unpaired) electrons. The van der Waals surface area contributed by atoms with E-state index >= 15 is 0 Å². The van der Waals surface area contributed by atoms with E-state index in [0.717, 1.165) is 16.7 Å². The van der Waals surface area contributed by atoms with Crippen molar-refractivity contribution in [3.05, 3.63) is 59.7 Å². The molecule has 0 amide bonds. The quantitative estimate of drug-likeness (QED) is 0.607. The summed E-state index contributed by atoms with van der Waals surface area (Å²) in [6, 6.07) is 15.7. The van der Waals surface area contributed by atoms with Gasteiger partial charge < -0.3 is 14.0 Å². The number of esters is 1. The summed E-state index contributed by atoms with van der Waals surface area (Å²) in [5, 5.41) is 0.